The minimum Gasteiger partial charge on any atom is -0.236 e. The van der Waals surface area contributed by atoms with Gasteiger partial charge in [-0.3, -0.25) is 0 Å². The van der Waals surface area contributed by atoms with Crippen molar-refractivity contribution in [1.29, 1.82) is 5.26 Å². The van der Waals surface area contributed by atoms with Gasteiger partial charge in [-0.05, 0) is 30.3 Å². The summed E-state index contributed by atoms with van der Waals surface area (Å²) in [5.74, 6) is -0.624. The zero-order valence-electron chi connectivity index (χ0n) is 15.6. The Morgan fingerprint density at radius 3 is 1.87 bits per heavy atom. The number of rotatable bonds is 5. The molecule has 0 radical (unpaired) electrons. The maximum absolute atomic E-state index is 13.5. The molecule has 0 fully saturated rings. The Labute approximate surface area is 174 Å². The fourth-order valence-electron chi connectivity index (χ4n) is 3.38. The normalized spacial score (nSPS) is 12.0. The van der Waals surface area contributed by atoms with Crippen LogP contribution in [0.4, 0.5) is 0 Å². The number of fused-ring (bicyclic) bond motifs is 1. The summed E-state index contributed by atoms with van der Waals surface area (Å²) in [5.41, 5.74) is 0.215. The summed E-state index contributed by atoms with van der Waals surface area (Å²) in [6.07, 6.45) is 0. The SMILES string of the molecule is N#Cc1c(CS(=O)(=O)c2ccccc2)n(S(=O)(=O)c2ccccc2)c2ccccc12. The van der Waals surface area contributed by atoms with Crippen LogP contribution < -0.4 is 0 Å². The number of hydrogen-bond acceptors (Lipinski definition) is 5. The summed E-state index contributed by atoms with van der Waals surface area (Å²) < 4.78 is 54.0. The fraction of sp³-hybridized carbons (Fsp3) is 0.0455. The first-order chi connectivity index (χ1) is 14.4. The molecule has 0 aliphatic heterocycles. The van der Waals surface area contributed by atoms with Crippen LogP contribution in [0.5, 0.6) is 0 Å². The number of sulfone groups is 1. The minimum absolute atomic E-state index is 0.00796. The number of nitrogens with zero attached hydrogens (tertiary/aromatic N) is 2. The van der Waals surface area contributed by atoms with E-state index in [1.54, 1.807) is 60.7 Å². The first-order valence-corrected chi connectivity index (χ1v) is 12.1. The van der Waals surface area contributed by atoms with E-state index in [-0.39, 0.29) is 26.6 Å². The van der Waals surface area contributed by atoms with Crippen LogP contribution >= 0.6 is 0 Å². The van der Waals surface area contributed by atoms with E-state index in [1.165, 1.54) is 24.3 Å². The van der Waals surface area contributed by atoms with E-state index < -0.39 is 25.6 Å². The molecule has 30 heavy (non-hydrogen) atoms. The summed E-state index contributed by atoms with van der Waals surface area (Å²) in [5, 5.41) is 10.2. The largest absolute Gasteiger partial charge is 0.268 e. The summed E-state index contributed by atoms with van der Waals surface area (Å²) in [6, 6.07) is 24.0. The van der Waals surface area contributed by atoms with Crippen LogP contribution in [0.3, 0.4) is 0 Å². The molecule has 0 atom stereocenters. The van der Waals surface area contributed by atoms with Gasteiger partial charge in [0, 0.05) is 5.39 Å². The molecular formula is C22H16N2O4S2. The van der Waals surface area contributed by atoms with Crippen LogP contribution in [0.1, 0.15) is 11.3 Å². The van der Waals surface area contributed by atoms with Gasteiger partial charge in [-0.2, -0.15) is 5.26 Å². The third-order valence-electron chi connectivity index (χ3n) is 4.75. The Bertz CT molecular complexity index is 1480. The van der Waals surface area contributed by atoms with Crippen molar-refractivity contribution in [2.75, 3.05) is 0 Å². The molecule has 1 heterocycles. The topological polar surface area (TPSA) is 97.0 Å². The lowest BCUT2D eigenvalue weighted by atomic mass is 10.1. The van der Waals surface area contributed by atoms with E-state index >= 15 is 0 Å². The predicted molar refractivity (Wildman–Crippen MR) is 113 cm³/mol. The second kappa shape index (κ2) is 7.44. The van der Waals surface area contributed by atoms with Gasteiger partial charge in [0.25, 0.3) is 10.0 Å². The molecule has 6 nitrogen and oxygen atoms in total. The number of nitriles is 1. The van der Waals surface area contributed by atoms with Crippen molar-refractivity contribution < 1.29 is 16.8 Å². The highest BCUT2D eigenvalue weighted by molar-refractivity contribution is 7.91. The second-order valence-corrected chi connectivity index (χ2v) is 10.4. The Balaban J connectivity index is 2.03. The third-order valence-corrected chi connectivity index (χ3v) is 8.16. The maximum atomic E-state index is 13.5. The van der Waals surface area contributed by atoms with Gasteiger partial charge in [0.15, 0.2) is 9.84 Å². The van der Waals surface area contributed by atoms with Crippen LogP contribution in [-0.2, 0) is 25.6 Å². The molecule has 0 saturated carbocycles. The molecule has 150 valence electrons. The van der Waals surface area contributed by atoms with Gasteiger partial charge >= 0.3 is 0 Å². The summed E-state index contributed by atoms with van der Waals surface area (Å²) in [6.45, 7) is 0. The average Bonchev–Trinajstić information content (AvgIpc) is 3.08. The Kier molecular flexibility index (Phi) is 4.94. The van der Waals surface area contributed by atoms with Crippen molar-refractivity contribution in [3.8, 4) is 6.07 Å². The Hall–Kier alpha value is -3.41. The summed E-state index contributed by atoms with van der Waals surface area (Å²) in [4.78, 5) is 0.0661. The molecule has 4 aromatic rings. The molecule has 8 heteroatoms. The van der Waals surface area contributed by atoms with Crippen molar-refractivity contribution in [1.82, 2.24) is 3.97 Å². The fourth-order valence-corrected chi connectivity index (χ4v) is 6.41. The first-order valence-electron chi connectivity index (χ1n) is 8.97. The van der Waals surface area contributed by atoms with Gasteiger partial charge in [-0.15, -0.1) is 0 Å². The zero-order chi connectivity index (χ0) is 21.4. The second-order valence-electron chi connectivity index (χ2n) is 6.61. The van der Waals surface area contributed by atoms with Gasteiger partial charge in [-0.1, -0.05) is 54.6 Å². The highest BCUT2D eigenvalue weighted by Gasteiger charge is 2.30. The quantitative estimate of drug-likeness (QED) is 0.475. The van der Waals surface area contributed by atoms with E-state index in [9.17, 15) is 22.1 Å². The van der Waals surface area contributed by atoms with Crippen molar-refractivity contribution in [3.63, 3.8) is 0 Å². The number of benzene rings is 3. The van der Waals surface area contributed by atoms with Gasteiger partial charge in [0.05, 0.1) is 32.3 Å². The average molecular weight is 437 g/mol. The number of aromatic nitrogens is 1. The van der Waals surface area contributed by atoms with Crippen LogP contribution in [0.2, 0.25) is 0 Å². The van der Waals surface area contributed by atoms with Gasteiger partial charge in [-0.25, -0.2) is 20.8 Å². The monoisotopic (exact) mass is 436 g/mol. The molecular weight excluding hydrogens is 420 g/mol. The lowest BCUT2D eigenvalue weighted by Crippen LogP contribution is -2.18. The lowest BCUT2D eigenvalue weighted by Gasteiger charge is -2.13. The number of para-hydroxylation sites is 1. The molecule has 0 saturated heterocycles. The molecule has 3 aromatic carbocycles. The van der Waals surface area contributed by atoms with Crippen molar-refractivity contribution in [3.05, 3.63) is 96.2 Å². The first kappa shape index (κ1) is 19.9. The van der Waals surface area contributed by atoms with Crippen molar-refractivity contribution in [2.45, 2.75) is 15.5 Å². The Morgan fingerprint density at radius 2 is 1.27 bits per heavy atom. The predicted octanol–water partition coefficient (Wildman–Crippen LogP) is 3.72. The van der Waals surface area contributed by atoms with Crippen LogP contribution in [0.25, 0.3) is 10.9 Å². The van der Waals surface area contributed by atoms with E-state index in [0.29, 0.717) is 5.39 Å². The molecule has 0 unspecified atom stereocenters. The standard InChI is InChI=1S/C22H16N2O4S2/c23-15-20-19-13-7-8-14-21(19)24(30(27,28)18-11-5-2-6-12-18)22(20)16-29(25,26)17-9-3-1-4-10-17/h1-14H,16H2. The van der Waals surface area contributed by atoms with Crippen LogP contribution in [0, 0.1) is 11.3 Å². The lowest BCUT2D eigenvalue weighted by molar-refractivity contribution is 0.586. The van der Waals surface area contributed by atoms with Crippen molar-refractivity contribution in [2.24, 2.45) is 0 Å². The highest BCUT2D eigenvalue weighted by atomic mass is 32.2. The van der Waals surface area contributed by atoms with Gasteiger partial charge in [0.1, 0.15) is 6.07 Å². The highest BCUT2D eigenvalue weighted by Crippen LogP contribution is 2.32. The van der Waals surface area contributed by atoms with Gasteiger partial charge in [0.2, 0.25) is 0 Å². The van der Waals surface area contributed by atoms with Gasteiger partial charge < -0.3 is 0 Å². The molecule has 0 N–H and O–H groups in total. The minimum atomic E-state index is -4.14. The maximum Gasteiger partial charge on any atom is 0.268 e. The third kappa shape index (κ3) is 3.28. The van der Waals surface area contributed by atoms with E-state index in [2.05, 4.69) is 0 Å². The molecule has 1 aromatic heterocycles. The summed E-state index contributed by atoms with van der Waals surface area (Å²) >= 11 is 0. The number of hydrogen-bond donors (Lipinski definition) is 0. The summed E-state index contributed by atoms with van der Waals surface area (Å²) in [7, 11) is -8.03. The Morgan fingerprint density at radius 1 is 0.733 bits per heavy atom. The molecule has 0 bridgehead atoms. The van der Waals surface area contributed by atoms with E-state index in [0.717, 1.165) is 3.97 Å². The smallest absolute Gasteiger partial charge is 0.236 e. The van der Waals surface area contributed by atoms with Crippen LogP contribution in [-0.4, -0.2) is 20.8 Å². The molecule has 0 spiro atoms. The molecule has 0 amide bonds. The van der Waals surface area contributed by atoms with Crippen molar-refractivity contribution >= 4 is 30.8 Å². The molecule has 4 rings (SSSR count). The molecule has 0 aliphatic rings. The van der Waals surface area contributed by atoms with E-state index in [1.807, 2.05) is 6.07 Å². The van der Waals surface area contributed by atoms with Crippen LogP contribution in [0.15, 0.2) is 94.7 Å². The molecule has 0 aliphatic carbocycles. The zero-order valence-corrected chi connectivity index (χ0v) is 17.3. The van der Waals surface area contributed by atoms with E-state index in [4.69, 9.17) is 0 Å².